The smallest absolute Gasteiger partial charge is 0.259 e. The van der Waals surface area contributed by atoms with Gasteiger partial charge in [-0.2, -0.15) is 0 Å². The quantitative estimate of drug-likeness (QED) is 0.878. The van der Waals surface area contributed by atoms with Crippen molar-refractivity contribution in [2.45, 2.75) is 6.54 Å². The van der Waals surface area contributed by atoms with Crippen molar-refractivity contribution in [1.29, 1.82) is 0 Å². The molecule has 0 aliphatic rings. The monoisotopic (exact) mass is 242 g/mol. The number of pyridine rings is 2. The van der Waals surface area contributed by atoms with Crippen molar-refractivity contribution in [1.82, 2.24) is 9.97 Å². The number of hydrogen-bond acceptors (Lipinski definition) is 4. The summed E-state index contributed by atoms with van der Waals surface area (Å²) in [4.78, 5) is 21.9. The highest BCUT2D eigenvalue weighted by atomic mass is 16.2. The van der Waals surface area contributed by atoms with Gasteiger partial charge in [-0.15, -0.1) is 0 Å². The maximum Gasteiger partial charge on any atom is 0.259 e. The molecule has 2 rings (SSSR count). The number of nitrogens with zero attached hydrogens (tertiary/aromatic N) is 3. The summed E-state index contributed by atoms with van der Waals surface area (Å²) in [6.07, 6.45) is 3.23. The summed E-state index contributed by atoms with van der Waals surface area (Å²) in [6.45, 7) is 0.314. The van der Waals surface area contributed by atoms with Crippen LogP contribution < -0.4 is 10.6 Å². The van der Waals surface area contributed by atoms with Gasteiger partial charge >= 0.3 is 0 Å². The Bertz CT molecular complexity index is 542. The standard InChI is InChI=1S/C13H14N4O/c1-17(12-4-2-3-6-16-12)13(18)10-5-7-15-11(8-10)9-14/h2-8H,9,14H2,1H3. The minimum absolute atomic E-state index is 0.134. The number of amides is 1. The van der Waals surface area contributed by atoms with Crippen LogP contribution in [0.25, 0.3) is 0 Å². The molecule has 0 unspecified atom stereocenters. The molecule has 2 heterocycles. The average molecular weight is 242 g/mol. The van der Waals surface area contributed by atoms with E-state index < -0.39 is 0 Å². The molecule has 5 heteroatoms. The molecule has 0 saturated carbocycles. The van der Waals surface area contributed by atoms with E-state index in [-0.39, 0.29) is 5.91 Å². The Morgan fingerprint density at radius 3 is 2.78 bits per heavy atom. The molecule has 0 fully saturated rings. The Morgan fingerprint density at radius 2 is 2.11 bits per heavy atom. The molecule has 2 aromatic rings. The summed E-state index contributed by atoms with van der Waals surface area (Å²) in [5.74, 6) is 0.472. The normalized spacial score (nSPS) is 10.1. The second kappa shape index (κ2) is 5.37. The van der Waals surface area contributed by atoms with Gasteiger partial charge in [-0.1, -0.05) is 6.07 Å². The lowest BCUT2D eigenvalue weighted by molar-refractivity contribution is 0.0992. The van der Waals surface area contributed by atoms with Crippen molar-refractivity contribution in [2.24, 2.45) is 5.73 Å². The molecule has 0 aromatic carbocycles. The molecule has 5 nitrogen and oxygen atoms in total. The van der Waals surface area contributed by atoms with Crippen LogP contribution in [0.1, 0.15) is 16.1 Å². The Labute approximate surface area is 105 Å². The van der Waals surface area contributed by atoms with Gasteiger partial charge in [0.25, 0.3) is 5.91 Å². The fourth-order valence-electron chi connectivity index (χ4n) is 1.57. The molecule has 2 N–H and O–H groups in total. The molecular weight excluding hydrogens is 228 g/mol. The van der Waals surface area contributed by atoms with Crippen LogP contribution in [0, 0.1) is 0 Å². The zero-order valence-electron chi connectivity index (χ0n) is 10.1. The van der Waals surface area contributed by atoms with Crippen LogP contribution in [0.4, 0.5) is 5.82 Å². The first-order chi connectivity index (χ1) is 8.72. The van der Waals surface area contributed by atoms with Crippen LogP contribution in [0.5, 0.6) is 0 Å². The topological polar surface area (TPSA) is 72.1 Å². The SMILES string of the molecule is CN(C(=O)c1ccnc(CN)c1)c1ccccn1. The molecule has 18 heavy (non-hydrogen) atoms. The highest BCUT2D eigenvalue weighted by molar-refractivity contribution is 6.05. The van der Waals surface area contributed by atoms with Gasteiger partial charge in [0.2, 0.25) is 0 Å². The molecule has 0 bridgehead atoms. The number of carbonyl (C=O) groups is 1. The molecule has 0 aliphatic heterocycles. The van der Waals surface area contributed by atoms with Crippen LogP contribution in [0.3, 0.4) is 0 Å². The van der Waals surface area contributed by atoms with Crippen molar-refractivity contribution in [3.05, 3.63) is 54.0 Å². The number of rotatable bonds is 3. The molecule has 0 saturated heterocycles. The Morgan fingerprint density at radius 1 is 1.28 bits per heavy atom. The van der Waals surface area contributed by atoms with Gasteiger partial charge in [-0.05, 0) is 24.3 Å². The van der Waals surface area contributed by atoms with Crippen LogP contribution in [0.2, 0.25) is 0 Å². The summed E-state index contributed by atoms with van der Waals surface area (Å²) in [5.41, 5.74) is 6.75. The lowest BCUT2D eigenvalue weighted by Gasteiger charge is -2.16. The van der Waals surface area contributed by atoms with Gasteiger partial charge in [-0.25, -0.2) is 4.98 Å². The molecule has 0 aliphatic carbocycles. The third-order valence-electron chi connectivity index (χ3n) is 2.57. The van der Waals surface area contributed by atoms with Crippen molar-refractivity contribution in [2.75, 3.05) is 11.9 Å². The molecule has 92 valence electrons. The highest BCUT2D eigenvalue weighted by Gasteiger charge is 2.14. The third-order valence-corrected chi connectivity index (χ3v) is 2.57. The molecule has 0 radical (unpaired) electrons. The van der Waals surface area contributed by atoms with Gasteiger partial charge < -0.3 is 5.73 Å². The van der Waals surface area contributed by atoms with E-state index in [4.69, 9.17) is 5.73 Å². The van der Waals surface area contributed by atoms with E-state index in [0.717, 1.165) is 0 Å². The van der Waals surface area contributed by atoms with E-state index in [0.29, 0.717) is 23.6 Å². The number of carbonyl (C=O) groups excluding carboxylic acids is 1. The van der Waals surface area contributed by atoms with Crippen molar-refractivity contribution in [3.8, 4) is 0 Å². The maximum atomic E-state index is 12.2. The molecule has 2 aromatic heterocycles. The highest BCUT2D eigenvalue weighted by Crippen LogP contribution is 2.12. The number of aromatic nitrogens is 2. The Kier molecular flexibility index (Phi) is 3.64. The fraction of sp³-hybridized carbons (Fsp3) is 0.154. The summed E-state index contributed by atoms with van der Waals surface area (Å²) < 4.78 is 0. The predicted octanol–water partition coefficient (Wildman–Crippen LogP) is 1.21. The fourth-order valence-corrected chi connectivity index (χ4v) is 1.57. The van der Waals surface area contributed by atoms with Crippen LogP contribution in [-0.2, 0) is 6.54 Å². The Balaban J connectivity index is 2.25. The lowest BCUT2D eigenvalue weighted by Crippen LogP contribution is -2.27. The van der Waals surface area contributed by atoms with E-state index in [1.807, 2.05) is 6.07 Å². The van der Waals surface area contributed by atoms with Crippen molar-refractivity contribution in [3.63, 3.8) is 0 Å². The van der Waals surface area contributed by atoms with Gasteiger partial charge in [0, 0.05) is 31.5 Å². The molecule has 0 spiro atoms. The molecule has 1 amide bonds. The lowest BCUT2D eigenvalue weighted by atomic mass is 10.2. The maximum absolute atomic E-state index is 12.2. The van der Waals surface area contributed by atoms with Crippen molar-refractivity contribution >= 4 is 11.7 Å². The van der Waals surface area contributed by atoms with E-state index in [9.17, 15) is 4.79 Å². The first-order valence-corrected chi connectivity index (χ1v) is 5.56. The van der Waals surface area contributed by atoms with Crippen LogP contribution in [0.15, 0.2) is 42.7 Å². The second-order valence-electron chi connectivity index (χ2n) is 3.79. The summed E-state index contributed by atoms with van der Waals surface area (Å²) in [6, 6.07) is 8.79. The summed E-state index contributed by atoms with van der Waals surface area (Å²) >= 11 is 0. The zero-order valence-corrected chi connectivity index (χ0v) is 10.1. The Hall–Kier alpha value is -2.27. The number of hydrogen-bond donors (Lipinski definition) is 1. The minimum Gasteiger partial charge on any atom is -0.325 e. The molecule has 0 atom stereocenters. The van der Waals surface area contributed by atoms with Crippen LogP contribution >= 0.6 is 0 Å². The minimum atomic E-state index is -0.134. The first-order valence-electron chi connectivity index (χ1n) is 5.56. The second-order valence-corrected chi connectivity index (χ2v) is 3.79. The largest absolute Gasteiger partial charge is 0.325 e. The number of anilines is 1. The molecular formula is C13H14N4O. The van der Waals surface area contributed by atoms with Crippen LogP contribution in [-0.4, -0.2) is 22.9 Å². The van der Waals surface area contributed by atoms with Crippen molar-refractivity contribution < 1.29 is 4.79 Å². The van der Waals surface area contributed by atoms with E-state index in [1.54, 1.807) is 43.7 Å². The van der Waals surface area contributed by atoms with E-state index in [1.165, 1.54) is 4.90 Å². The van der Waals surface area contributed by atoms with E-state index >= 15 is 0 Å². The van der Waals surface area contributed by atoms with Gasteiger partial charge in [0.1, 0.15) is 5.82 Å². The number of nitrogens with two attached hydrogens (primary N) is 1. The van der Waals surface area contributed by atoms with E-state index in [2.05, 4.69) is 9.97 Å². The zero-order chi connectivity index (χ0) is 13.0. The van der Waals surface area contributed by atoms with Gasteiger partial charge in [-0.3, -0.25) is 14.7 Å². The predicted molar refractivity (Wildman–Crippen MR) is 69.1 cm³/mol. The summed E-state index contributed by atoms with van der Waals surface area (Å²) in [5, 5.41) is 0. The van der Waals surface area contributed by atoms with Gasteiger partial charge in [0.05, 0.1) is 5.69 Å². The van der Waals surface area contributed by atoms with Gasteiger partial charge in [0.15, 0.2) is 0 Å². The summed E-state index contributed by atoms with van der Waals surface area (Å²) in [7, 11) is 1.69. The average Bonchev–Trinajstić information content (AvgIpc) is 2.46. The first kappa shape index (κ1) is 12.2. The third kappa shape index (κ3) is 2.52.